The molecule has 0 aliphatic carbocycles. The van der Waals surface area contributed by atoms with Gasteiger partial charge in [0.1, 0.15) is 5.75 Å². The first-order valence-electron chi connectivity index (χ1n) is 5.88. The molecule has 0 bridgehead atoms. The van der Waals surface area contributed by atoms with Crippen molar-refractivity contribution in [1.29, 1.82) is 0 Å². The van der Waals surface area contributed by atoms with Gasteiger partial charge in [-0.3, -0.25) is 0 Å². The molecule has 1 aromatic rings. The van der Waals surface area contributed by atoms with Crippen molar-refractivity contribution >= 4 is 27.5 Å². The zero-order valence-electron chi connectivity index (χ0n) is 10.3. The Labute approximate surface area is 117 Å². The third-order valence-corrected chi connectivity index (χ3v) is 3.01. The van der Waals surface area contributed by atoms with Crippen LogP contribution in [-0.2, 0) is 0 Å². The quantitative estimate of drug-likeness (QED) is 0.763. The van der Waals surface area contributed by atoms with E-state index in [-0.39, 0.29) is 0 Å². The molecule has 1 N–H and O–H groups in total. The van der Waals surface area contributed by atoms with Crippen molar-refractivity contribution in [2.75, 3.05) is 19.7 Å². The Morgan fingerprint density at radius 3 is 2.88 bits per heavy atom. The molecule has 1 rings (SSSR count). The summed E-state index contributed by atoms with van der Waals surface area (Å²) in [7, 11) is 0. The SMILES string of the molecule is CC(C)CNCCCOc1cc(Br)ccc1Cl. The third-order valence-electron chi connectivity index (χ3n) is 2.20. The second-order valence-electron chi connectivity index (χ2n) is 4.37. The predicted octanol–water partition coefficient (Wildman–Crippen LogP) is 4.12. The first-order valence-corrected chi connectivity index (χ1v) is 7.05. The molecule has 96 valence electrons. The Balaban J connectivity index is 2.20. The Kier molecular flexibility index (Phi) is 6.93. The Bertz CT molecular complexity index is 344. The lowest BCUT2D eigenvalue weighted by Crippen LogP contribution is -2.22. The van der Waals surface area contributed by atoms with Gasteiger partial charge in [-0.2, -0.15) is 0 Å². The van der Waals surface area contributed by atoms with Crippen LogP contribution in [0.25, 0.3) is 0 Å². The van der Waals surface area contributed by atoms with Crippen LogP contribution in [0.4, 0.5) is 0 Å². The maximum atomic E-state index is 6.02. The predicted molar refractivity (Wildman–Crippen MR) is 77.0 cm³/mol. The van der Waals surface area contributed by atoms with Gasteiger partial charge < -0.3 is 10.1 Å². The number of hydrogen-bond acceptors (Lipinski definition) is 2. The molecule has 0 heterocycles. The lowest BCUT2D eigenvalue weighted by Gasteiger charge is -2.10. The third kappa shape index (κ3) is 6.29. The van der Waals surface area contributed by atoms with E-state index in [0.717, 1.165) is 29.7 Å². The van der Waals surface area contributed by atoms with Gasteiger partial charge in [0.25, 0.3) is 0 Å². The minimum absolute atomic E-state index is 0.656. The van der Waals surface area contributed by atoms with Gasteiger partial charge in [0.2, 0.25) is 0 Å². The van der Waals surface area contributed by atoms with Gasteiger partial charge in [-0.15, -0.1) is 0 Å². The molecule has 0 unspecified atom stereocenters. The van der Waals surface area contributed by atoms with Gasteiger partial charge in [-0.1, -0.05) is 41.4 Å². The molecule has 0 fully saturated rings. The Hall–Kier alpha value is -0.250. The van der Waals surface area contributed by atoms with Gasteiger partial charge in [-0.05, 0) is 43.6 Å². The Morgan fingerprint density at radius 2 is 2.18 bits per heavy atom. The summed E-state index contributed by atoms with van der Waals surface area (Å²) in [5.74, 6) is 1.43. The van der Waals surface area contributed by atoms with E-state index >= 15 is 0 Å². The maximum absolute atomic E-state index is 6.02. The fourth-order valence-corrected chi connectivity index (χ4v) is 1.87. The summed E-state index contributed by atoms with van der Waals surface area (Å²) >= 11 is 9.41. The normalized spacial score (nSPS) is 10.9. The van der Waals surface area contributed by atoms with Crippen molar-refractivity contribution in [1.82, 2.24) is 5.32 Å². The molecular formula is C13H19BrClNO. The van der Waals surface area contributed by atoms with Gasteiger partial charge in [0.05, 0.1) is 11.6 Å². The van der Waals surface area contributed by atoms with E-state index in [9.17, 15) is 0 Å². The summed E-state index contributed by atoms with van der Waals surface area (Å²) < 4.78 is 6.60. The van der Waals surface area contributed by atoms with Crippen LogP contribution in [0.5, 0.6) is 5.75 Å². The van der Waals surface area contributed by atoms with Crippen LogP contribution < -0.4 is 10.1 Å². The zero-order chi connectivity index (χ0) is 12.7. The number of ether oxygens (including phenoxy) is 1. The number of hydrogen-bond donors (Lipinski definition) is 1. The highest BCUT2D eigenvalue weighted by Gasteiger charge is 2.01. The molecular weight excluding hydrogens is 302 g/mol. The second-order valence-corrected chi connectivity index (χ2v) is 5.70. The molecule has 0 saturated heterocycles. The van der Waals surface area contributed by atoms with Gasteiger partial charge in [0, 0.05) is 4.47 Å². The first-order chi connectivity index (χ1) is 8.09. The van der Waals surface area contributed by atoms with Crippen LogP contribution in [-0.4, -0.2) is 19.7 Å². The molecule has 2 nitrogen and oxygen atoms in total. The second kappa shape index (κ2) is 7.96. The maximum Gasteiger partial charge on any atom is 0.139 e. The smallest absolute Gasteiger partial charge is 0.139 e. The highest BCUT2D eigenvalue weighted by atomic mass is 79.9. The van der Waals surface area contributed by atoms with Crippen molar-refractivity contribution in [3.05, 3.63) is 27.7 Å². The number of rotatable bonds is 7. The highest BCUT2D eigenvalue weighted by molar-refractivity contribution is 9.10. The standard InChI is InChI=1S/C13H19BrClNO/c1-10(2)9-16-6-3-7-17-13-8-11(14)4-5-12(13)15/h4-5,8,10,16H,3,6-7,9H2,1-2H3. The van der Waals surface area contributed by atoms with Gasteiger partial charge in [0.15, 0.2) is 0 Å². The molecule has 0 radical (unpaired) electrons. The van der Waals surface area contributed by atoms with E-state index in [1.807, 2.05) is 18.2 Å². The van der Waals surface area contributed by atoms with Crippen LogP contribution >= 0.6 is 27.5 Å². The summed E-state index contributed by atoms with van der Waals surface area (Å²) in [4.78, 5) is 0. The Morgan fingerprint density at radius 1 is 1.41 bits per heavy atom. The summed E-state index contributed by atoms with van der Waals surface area (Å²) in [6.45, 7) is 7.11. The molecule has 17 heavy (non-hydrogen) atoms. The lowest BCUT2D eigenvalue weighted by atomic mass is 10.2. The molecule has 0 aliphatic heterocycles. The van der Waals surface area contributed by atoms with Crippen molar-refractivity contribution in [3.8, 4) is 5.75 Å². The molecule has 0 spiro atoms. The fourth-order valence-electron chi connectivity index (χ4n) is 1.36. The van der Waals surface area contributed by atoms with E-state index in [1.165, 1.54) is 0 Å². The van der Waals surface area contributed by atoms with E-state index < -0.39 is 0 Å². The molecule has 0 saturated carbocycles. The molecule has 0 aromatic heterocycles. The minimum Gasteiger partial charge on any atom is -0.492 e. The molecule has 4 heteroatoms. The minimum atomic E-state index is 0.656. The van der Waals surface area contributed by atoms with Crippen molar-refractivity contribution < 1.29 is 4.74 Å². The topological polar surface area (TPSA) is 21.3 Å². The molecule has 0 amide bonds. The highest BCUT2D eigenvalue weighted by Crippen LogP contribution is 2.27. The lowest BCUT2D eigenvalue weighted by molar-refractivity contribution is 0.307. The molecule has 1 aromatic carbocycles. The first kappa shape index (κ1) is 14.8. The summed E-state index contributed by atoms with van der Waals surface area (Å²) in [6.07, 6.45) is 0.982. The average Bonchev–Trinajstić information content (AvgIpc) is 2.27. The zero-order valence-corrected chi connectivity index (χ0v) is 12.6. The van der Waals surface area contributed by atoms with Crippen LogP contribution in [0, 0.1) is 5.92 Å². The summed E-state index contributed by atoms with van der Waals surface area (Å²) in [6, 6.07) is 5.63. The number of nitrogens with one attached hydrogen (secondary N) is 1. The van der Waals surface area contributed by atoms with E-state index in [1.54, 1.807) is 0 Å². The summed E-state index contributed by atoms with van der Waals surface area (Å²) in [5, 5.41) is 4.03. The largest absolute Gasteiger partial charge is 0.492 e. The summed E-state index contributed by atoms with van der Waals surface area (Å²) in [5.41, 5.74) is 0. The average molecular weight is 321 g/mol. The monoisotopic (exact) mass is 319 g/mol. The van der Waals surface area contributed by atoms with Crippen molar-refractivity contribution in [2.45, 2.75) is 20.3 Å². The molecule has 0 aliphatic rings. The van der Waals surface area contributed by atoms with Crippen LogP contribution in [0.1, 0.15) is 20.3 Å². The van der Waals surface area contributed by atoms with Crippen molar-refractivity contribution in [3.63, 3.8) is 0 Å². The van der Waals surface area contributed by atoms with Crippen LogP contribution in [0.2, 0.25) is 5.02 Å². The number of benzene rings is 1. The van der Waals surface area contributed by atoms with Gasteiger partial charge >= 0.3 is 0 Å². The van der Waals surface area contributed by atoms with E-state index in [4.69, 9.17) is 16.3 Å². The number of halogens is 2. The molecule has 0 atom stereocenters. The fraction of sp³-hybridized carbons (Fsp3) is 0.538. The van der Waals surface area contributed by atoms with E-state index in [2.05, 4.69) is 35.1 Å². The van der Waals surface area contributed by atoms with Gasteiger partial charge in [-0.25, -0.2) is 0 Å². The van der Waals surface area contributed by atoms with E-state index in [0.29, 0.717) is 17.5 Å². The van der Waals surface area contributed by atoms with Crippen LogP contribution in [0.3, 0.4) is 0 Å². The van der Waals surface area contributed by atoms with Crippen molar-refractivity contribution in [2.24, 2.45) is 5.92 Å². The van der Waals surface area contributed by atoms with Crippen LogP contribution in [0.15, 0.2) is 22.7 Å².